The highest BCUT2D eigenvalue weighted by Crippen LogP contribution is 2.34. The molecule has 0 fully saturated rings. The first-order valence-electron chi connectivity index (χ1n) is 10.3. The van der Waals surface area contributed by atoms with Crippen LogP contribution in [-0.2, 0) is 22.2 Å². The predicted molar refractivity (Wildman–Crippen MR) is 124 cm³/mol. The summed E-state index contributed by atoms with van der Waals surface area (Å²) in [6.45, 7) is 3.01. The van der Waals surface area contributed by atoms with Crippen LogP contribution >= 0.6 is 0 Å². The second kappa shape index (κ2) is 10.7. The summed E-state index contributed by atoms with van der Waals surface area (Å²) < 4.78 is 45.5. The largest absolute Gasteiger partial charge is 0.457 e. The molecule has 9 heteroatoms. The molecule has 3 aromatic rings. The van der Waals surface area contributed by atoms with Crippen LogP contribution in [0.15, 0.2) is 66.9 Å². The molecule has 0 aliphatic carbocycles. The summed E-state index contributed by atoms with van der Waals surface area (Å²) >= 11 is 0. The fourth-order valence-corrected chi connectivity index (χ4v) is 3.12. The summed E-state index contributed by atoms with van der Waals surface area (Å²) in [5.74, 6) is 0.447. The Labute approximate surface area is 194 Å². The second-order valence-electron chi connectivity index (χ2n) is 7.28. The fraction of sp³-hybridized carbons (Fsp3) is 0.160. The van der Waals surface area contributed by atoms with E-state index in [-0.39, 0.29) is 23.6 Å². The van der Waals surface area contributed by atoms with Crippen molar-refractivity contribution in [3.05, 3.63) is 83.6 Å². The van der Waals surface area contributed by atoms with Gasteiger partial charge in [0.2, 0.25) is 11.8 Å². The number of aryl methyl sites for hydroxylation is 1. The van der Waals surface area contributed by atoms with Crippen LogP contribution in [0, 0.1) is 0 Å². The molecule has 2 amide bonds. The van der Waals surface area contributed by atoms with Crippen molar-refractivity contribution >= 4 is 29.4 Å². The number of anilines is 2. The van der Waals surface area contributed by atoms with Gasteiger partial charge in [-0.2, -0.15) is 13.2 Å². The number of ether oxygens (including phenoxy) is 1. The number of aromatic nitrogens is 1. The summed E-state index contributed by atoms with van der Waals surface area (Å²) in [6, 6.07) is 13.8. The number of carbonyl (C=O) groups excluding carboxylic acids is 2. The maximum Gasteiger partial charge on any atom is 0.416 e. The lowest BCUT2D eigenvalue weighted by Crippen LogP contribution is -2.12. The zero-order chi connectivity index (χ0) is 24.7. The molecule has 0 aliphatic heterocycles. The minimum Gasteiger partial charge on any atom is -0.457 e. The van der Waals surface area contributed by atoms with Gasteiger partial charge in [-0.3, -0.25) is 9.59 Å². The number of hydrogen-bond acceptors (Lipinski definition) is 4. The van der Waals surface area contributed by atoms with Gasteiger partial charge in [-0.05, 0) is 54.0 Å². The van der Waals surface area contributed by atoms with E-state index < -0.39 is 17.6 Å². The molecule has 3 rings (SSSR count). The van der Waals surface area contributed by atoms with Gasteiger partial charge in [-0.1, -0.05) is 25.1 Å². The third-order valence-corrected chi connectivity index (χ3v) is 4.62. The number of benzene rings is 2. The standard InChI is InChI=1S/C25H22F3N3O3/c1-3-18-8-9-19(14-22(18)25(26,27)28)31-24(33)10-7-17-5-4-6-20(13-17)34-21-11-12-29-23(15-21)30-16(2)32/h4-15H,3H2,1-2H3,(H,31,33)(H,29,30,32). The lowest BCUT2D eigenvalue weighted by Gasteiger charge is -2.13. The normalized spacial score (nSPS) is 11.3. The second-order valence-corrected chi connectivity index (χ2v) is 7.28. The van der Waals surface area contributed by atoms with Crippen LogP contribution in [0.1, 0.15) is 30.5 Å². The van der Waals surface area contributed by atoms with E-state index in [2.05, 4.69) is 15.6 Å². The molecule has 0 bridgehead atoms. The average molecular weight is 469 g/mol. The van der Waals surface area contributed by atoms with Crippen LogP contribution in [0.4, 0.5) is 24.7 Å². The number of amides is 2. The Morgan fingerprint density at radius 1 is 1.03 bits per heavy atom. The Bertz CT molecular complexity index is 1220. The first kappa shape index (κ1) is 24.5. The maximum atomic E-state index is 13.2. The van der Waals surface area contributed by atoms with Gasteiger partial charge < -0.3 is 15.4 Å². The zero-order valence-corrected chi connectivity index (χ0v) is 18.4. The molecule has 176 valence electrons. The summed E-state index contributed by atoms with van der Waals surface area (Å²) in [5, 5.41) is 5.02. The van der Waals surface area contributed by atoms with Gasteiger partial charge in [-0.25, -0.2) is 4.98 Å². The molecule has 1 heterocycles. The Hall–Kier alpha value is -4.14. The lowest BCUT2D eigenvalue weighted by atomic mass is 10.0. The quantitative estimate of drug-likeness (QED) is 0.412. The number of rotatable bonds is 7. The van der Waals surface area contributed by atoms with Crippen molar-refractivity contribution in [2.45, 2.75) is 26.4 Å². The van der Waals surface area contributed by atoms with Crippen molar-refractivity contribution in [1.29, 1.82) is 0 Å². The summed E-state index contributed by atoms with van der Waals surface area (Å²) in [5.41, 5.74) is 0.0978. The number of hydrogen-bond donors (Lipinski definition) is 2. The molecule has 6 nitrogen and oxygen atoms in total. The van der Waals surface area contributed by atoms with Crippen LogP contribution < -0.4 is 15.4 Å². The molecule has 0 spiro atoms. The van der Waals surface area contributed by atoms with Gasteiger partial charge in [0.25, 0.3) is 0 Å². The van der Waals surface area contributed by atoms with Gasteiger partial charge in [-0.15, -0.1) is 0 Å². The van der Waals surface area contributed by atoms with E-state index in [9.17, 15) is 22.8 Å². The van der Waals surface area contributed by atoms with E-state index in [0.717, 1.165) is 6.07 Å². The molecule has 0 aliphatic rings. The van der Waals surface area contributed by atoms with E-state index in [4.69, 9.17) is 4.74 Å². The van der Waals surface area contributed by atoms with Crippen molar-refractivity contribution < 1.29 is 27.5 Å². The SMILES string of the molecule is CCc1ccc(NC(=O)C=Cc2cccc(Oc3ccnc(NC(C)=O)c3)c2)cc1C(F)(F)F. The third-order valence-electron chi connectivity index (χ3n) is 4.62. The molecule has 0 saturated carbocycles. The van der Waals surface area contributed by atoms with Crippen molar-refractivity contribution in [1.82, 2.24) is 4.98 Å². The smallest absolute Gasteiger partial charge is 0.416 e. The third kappa shape index (κ3) is 6.93. The summed E-state index contributed by atoms with van der Waals surface area (Å²) in [4.78, 5) is 27.4. The van der Waals surface area contributed by atoms with Crippen LogP contribution in [0.2, 0.25) is 0 Å². The van der Waals surface area contributed by atoms with Gasteiger partial charge >= 0.3 is 6.18 Å². The Kier molecular flexibility index (Phi) is 7.68. The Morgan fingerprint density at radius 3 is 2.50 bits per heavy atom. The molecular weight excluding hydrogens is 447 g/mol. The van der Waals surface area contributed by atoms with Crippen molar-refractivity contribution in [2.75, 3.05) is 10.6 Å². The van der Waals surface area contributed by atoms with E-state index in [1.54, 1.807) is 43.3 Å². The molecule has 0 saturated heterocycles. The van der Waals surface area contributed by atoms with Gasteiger partial charge in [0, 0.05) is 31.0 Å². The maximum absolute atomic E-state index is 13.2. The summed E-state index contributed by atoms with van der Waals surface area (Å²) in [7, 11) is 0. The molecule has 34 heavy (non-hydrogen) atoms. The number of pyridine rings is 1. The van der Waals surface area contributed by atoms with Crippen LogP contribution in [-0.4, -0.2) is 16.8 Å². The van der Waals surface area contributed by atoms with Gasteiger partial charge in [0.05, 0.1) is 5.56 Å². The van der Waals surface area contributed by atoms with Crippen LogP contribution in [0.5, 0.6) is 11.5 Å². The average Bonchev–Trinajstić information content (AvgIpc) is 2.77. The fourth-order valence-electron chi connectivity index (χ4n) is 3.12. The molecule has 2 N–H and O–H groups in total. The number of nitrogens with zero attached hydrogens (tertiary/aromatic N) is 1. The molecule has 2 aromatic carbocycles. The first-order valence-corrected chi connectivity index (χ1v) is 10.3. The van der Waals surface area contributed by atoms with E-state index in [1.165, 1.54) is 37.4 Å². The molecule has 0 atom stereocenters. The first-order chi connectivity index (χ1) is 16.1. The number of carbonyl (C=O) groups is 2. The highest BCUT2D eigenvalue weighted by atomic mass is 19.4. The monoisotopic (exact) mass is 469 g/mol. The van der Waals surface area contributed by atoms with Crippen molar-refractivity contribution in [2.24, 2.45) is 0 Å². The predicted octanol–water partition coefficient (Wildman–Crippen LogP) is 6.07. The number of halogens is 3. The number of alkyl halides is 3. The molecule has 1 aromatic heterocycles. The molecule has 0 unspecified atom stereocenters. The minimum absolute atomic E-state index is 0.0592. The van der Waals surface area contributed by atoms with Gasteiger partial charge in [0.1, 0.15) is 17.3 Å². The van der Waals surface area contributed by atoms with E-state index in [0.29, 0.717) is 22.9 Å². The highest BCUT2D eigenvalue weighted by molar-refractivity contribution is 6.02. The molecule has 0 radical (unpaired) electrons. The Morgan fingerprint density at radius 2 is 1.79 bits per heavy atom. The zero-order valence-electron chi connectivity index (χ0n) is 18.4. The van der Waals surface area contributed by atoms with Crippen LogP contribution in [0.25, 0.3) is 6.08 Å². The molecular formula is C25H22F3N3O3. The van der Waals surface area contributed by atoms with Gasteiger partial charge in [0.15, 0.2) is 0 Å². The highest BCUT2D eigenvalue weighted by Gasteiger charge is 2.33. The Balaban J connectivity index is 1.68. The van der Waals surface area contributed by atoms with Crippen molar-refractivity contribution in [3.8, 4) is 11.5 Å². The topological polar surface area (TPSA) is 80.3 Å². The van der Waals surface area contributed by atoms with Crippen LogP contribution in [0.3, 0.4) is 0 Å². The lowest BCUT2D eigenvalue weighted by molar-refractivity contribution is -0.138. The minimum atomic E-state index is -4.50. The van der Waals surface area contributed by atoms with Crippen molar-refractivity contribution in [3.63, 3.8) is 0 Å². The summed E-state index contributed by atoms with van der Waals surface area (Å²) in [6.07, 6.45) is -0.0363. The van der Waals surface area contributed by atoms with E-state index >= 15 is 0 Å². The van der Waals surface area contributed by atoms with E-state index in [1.807, 2.05) is 0 Å². The number of nitrogens with one attached hydrogen (secondary N) is 2.